The summed E-state index contributed by atoms with van der Waals surface area (Å²) in [5.74, 6) is 0.896. The third-order valence-corrected chi connectivity index (χ3v) is 5.36. The Morgan fingerprint density at radius 1 is 1.16 bits per heavy atom. The minimum absolute atomic E-state index is 0.0254. The molecule has 1 heterocycles. The minimum atomic E-state index is 0.0254. The summed E-state index contributed by atoms with van der Waals surface area (Å²) in [6.45, 7) is 6.43. The smallest absolute Gasteiger partial charge is 0.111 e. The summed E-state index contributed by atoms with van der Waals surface area (Å²) in [6, 6.07) is 3.35. The highest BCUT2D eigenvalue weighted by molar-refractivity contribution is 8.77. The monoisotopic (exact) mass is 354 g/mol. The van der Waals surface area contributed by atoms with Crippen molar-refractivity contribution < 1.29 is 0 Å². The Labute approximate surface area is 136 Å². The van der Waals surface area contributed by atoms with E-state index in [9.17, 15) is 0 Å². The van der Waals surface area contributed by atoms with Crippen molar-refractivity contribution in [1.82, 2.24) is 0 Å². The van der Waals surface area contributed by atoms with Crippen LogP contribution in [0.15, 0.2) is 17.2 Å². The van der Waals surface area contributed by atoms with Crippen molar-refractivity contribution in [2.75, 3.05) is 10.2 Å². The molecule has 1 aliphatic rings. The van der Waals surface area contributed by atoms with E-state index in [1.807, 2.05) is 0 Å². The molecular weight excluding hydrogens is 343 g/mol. The van der Waals surface area contributed by atoms with Crippen LogP contribution in [0.2, 0.25) is 15.1 Å². The van der Waals surface area contributed by atoms with Crippen LogP contribution < -0.4 is 4.41 Å². The molecule has 0 spiro atoms. The van der Waals surface area contributed by atoms with Crippen molar-refractivity contribution in [1.29, 1.82) is 0 Å². The lowest BCUT2D eigenvalue weighted by Crippen LogP contribution is -2.28. The zero-order valence-corrected chi connectivity index (χ0v) is 14.6. The van der Waals surface area contributed by atoms with Gasteiger partial charge >= 0.3 is 0 Å². The van der Waals surface area contributed by atoms with Gasteiger partial charge in [0.05, 0.1) is 15.8 Å². The van der Waals surface area contributed by atoms with Crippen LogP contribution in [0.5, 0.6) is 0 Å². The zero-order chi connectivity index (χ0) is 14.2. The highest BCUT2D eigenvalue weighted by atomic mass is 35.5. The molecule has 7 heteroatoms. The molecule has 0 fully saturated rings. The molecule has 104 valence electrons. The van der Waals surface area contributed by atoms with Crippen molar-refractivity contribution >= 4 is 68.0 Å². The molecule has 2 nitrogen and oxygen atoms in total. The molecule has 0 aliphatic carbocycles. The number of anilines is 1. The van der Waals surface area contributed by atoms with Gasteiger partial charge in [-0.1, -0.05) is 66.4 Å². The van der Waals surface area contributed by atoms with Gasteiger partial charge in [0.2, 0.25) is 0 Å². The average Bonchev–Trinajstić information content (AvgIpc) is 2.26. The second-order valence-electron chi connectivity index (χ2n) is 5.12. The predicted molar refractivity (Wildman–Crippen MR) is 90.9 cm³/mol. The maximum Gasteiger partial charge on any atom is 0.111 e. The van der Waals surface area contributed by atoms with Gasteiger partial charge < -0.3 is 0 Å². The molecule has 0 atom stereocenters. The van der Waals surface area contributed by atoms with E-state index in [4.69, 9.17) is 34.8 Å². The van der Waals surface area contributed by atoms with Crippen LogP contribution in [0.4, 0.5) is 5.69 Å². The summed E-state index contributed by atoms with van der Waals surface area (Å²) in [4.78, 5) is 0. The summed E-state index contributed by atoms with van der Waals surface area (Å²) in [7, 11) is 3.24. The Balaban J connectivity index is 2.43. The van der Waals surface area contributed by atoms with Gasteiger partial charge in [-0.05, 0) is 12.1 Å². The molecular formula is C12H13Cl3N2S2. The van der Waals surface area contributed by atoms with Crippen molar-refractivity contribution in [3.63, 3.8) is 0 Å². The van der Waals surface area contributed by atoms with E-state index in [0.717, 1.165) is 11.5 Å². The molecule has 0 amide bonds. The molecule has 0 saturated carbocycles. The van der Waals surface area contributed by atoms with Gasteiger partial charge in [-0.2, -0.15) is 9.52 Å². The van der Waals surface area contributed by atoms with Crippen LogP contribution in [-0.4, -0.2) is 11.5 Å². The molecule has 1 aromatic carbocycles. The van der Waals surface area contributed by atoms with Crippen molar-refractivity contribution in [3.05, 3.63) is 27.2 Å². The number of hydrazone groups is 1. The van der Waals surface area contributed by atoms with E-state index in [0.29, 0.717) is 20.8 Å². The second-order valence-corrected chi connectivity index (χ2v) is 8.55. The van der Waals surface area contributed by atoms with Gasteiger partial charge in [0, 0.05) is 27.2 Å². The van der Waals surface area contributed by atoms with Gasteiger partial charge in [-0.15, -0.1) is 0 Å². The summed E-state index contributed by atoms with van der Waals surface area (Å²) in [5.41, 5.74) is 1.82. The van der Waals surface area contributed by atoms with E-state index in [1.165, 1.54) is 11.0 Å². The molecule has 0 aromatic heterocycles. The van der Waals surface area contributed by atoms with Crippen LogP contribution in [-0.2, 0) is 0 Å². The number of hydrogen-bond donors (Lipinski definition) is 0. The third kappa shape index (κ3) is 3.67. The van der Waals surface area contributed by atoms with Crippen LogP contribution in [0, 0.1) is 5.41 Å². The Bertz CT molecular complexity index is 503. The molecule has 1 aliphatic heterocycles. The Kier molecular flexibility index (Phi) is 4.89. The Morgan fingerprint density at radius 3 is 2.26 bits per heavy atom. The second kappa shape index (κ2) is 5.94. The number of halogens is 3. The number of nitrogens with zero attached hydrogens (tertiary/aromatic N) is 2. The molecule has 19 heavy (non-hydrogen) atoms. The topological polar surface area (TPSA) is 15.6 Å². The van der Waals surface area contributed by atoms with E-state index in [1.54, 1.807) is 27.3 Å². The maximum atomic E-state index is 6.23. The van der Waals surface area contributed by atoms with E-state index >= 15 is 0 Å². The van der Waals surface area contributed by atoms with Gasteiger partial charge in [0.15, 0.2) is 0 Å². The van der Waals surface area contributed by atoms with E-state index in [2.05, 4.69) is 25.9 Å². The van der Waals surface area contributed by atoms with Crippen LogP contribution >= 0.6 is 56.6 Å². The number of hydrogen-bond acceptors (Lipinski definition) is 4. The fourth-order valence-corrected chi connectivity index (χ4v) is 4.81. The first-order valence-electron chi connectivity index (χ1n) is 5.61. The van der Waals surface area contributed by atoms with E-state index < -0.39 is 0 Å². The SMILES string of the molecule is CC(C)(C)C1=NN(c2c(Cl)cc(Cl)cc2Cl)SSC1. The van der Waals surface area contributed by atoms with Gasteiger partial charge in [-0.3, -0.25) is 0 Å². The largest absolute Gasteiger partial charge is 0.193 e. The quantitative estimate of drug-likeness (QED) is 0.443. The van der Waals surface area contributed by atoms with Crippen LogP contribution in [0.25, 0.3) is 0 Å². The van der Waals surface area contributed by atoms with Gasteiger partial charge in [0.1, 0.15) is 5.69 Å². The molecule has 0 radical (unpaired) electrons. The first-order chi connectivity index (χ1) is 8.79. The molecule has 1 aromatic rings. The first-order valence-corrected chi connectivity index (χ1v) is 9.02. The van der Waals surface area contributed by atoms with Crippen LogP contribution in [0.3, 0.4) is 0 Å². The summed E-state index contributed by atoms with van der Waals surface area (Å²) >= 11 is 18.4. The average molecular weight is 356 g/mol. The normalized spacial score (nSPS) is 16.5. The van der Waals surface area contributed by atoms with Crippen molar-refractivity contribution in [3.8, 4) is 0 Å². The summed E-state index contributed by atoms with van der Waals surface area (Å²) in [6.07, 6.45) is 0. The molecule has 0 unspecified atom stereocenters. The Morgan fingerprint density at radius 2 is 1.74 bits per heavy atom. The third-order valence-electron chi connectivity index (χ3n) is 2.57. The highest BCUT2D eigenvalue weighted by Gasteiger charge is 2.27. The first kappa shape index (κ1) is 15.6. The minimum Gasteiger partial charge on any atom is -0.193 e. The molecule has 0 bridgehead atoms. The maximum absolute atomic E-state index is 6.23. The van der Waals surface area contributed by atoms with Gasteiger partial charge in [0.25, 0.3) is 0 Å². The van der Waals surface area contributed by atoms with E-state index in [-0.39, 0.29) is 5.41 Å². The lowest BCUT2D eigenvalue weighted by Gasteiger charge is -2.30. The molecule has 0 saturated heterocycles. The molecule has 0 N–H and O–H groups in total. The Hall–Kier alpha value is 0.260. The number of rotatable bonds is 1. The number of benzene rings is 1. The van der Waals surface area contributed by atoms with Crippen molar-refractivity contribution in [2.24, 2.45) is 10.5 Å². The zero-order valence-electron chi connectivity index (χ0n) is 10.7. The fraction of sp³-hybridized carbons (Fsp3) is 0.417. The highest BCUT2D eigenvalue weighted by Crippen LogP contribution is 2.45. The lowest BCUT2D eigenvalue weighted by molar-refractivity contribution is 0.586. The fourth-order valence-electron chi connectivity index (χ4n) is 1.46. The van der Waals surface area contributed by atoms with Crippen molar-refractivity contribution in [2.45, 2.75) is 20.8 Å². The summed E-state index contributed by atoms with van der Waals surface area (Å²) in [5, 5.41) is 6.18. The standard InChI is InChI=1S/C12H13Cl3N2S2/c1-12(2,3)10-6-18-19-17(16-10)11-8(14)4-7(13)5-9(11)15/h4-5H,6H2,1-3H3. The summed E-state index contributed by atoms with van der Waals surface area (Å²) < 4.78 is 1.77. The van der Waals surface area contributed by atoms with Crippen LogP contribution in [0.1, 0.15) is 20.8 Å². The predicted octanol–water partition coefficient (Wildman–Crippen LogP) is 6.17. The van der Waals surface area contributed by atoms with Gasteiger partial charge in [-0.25, -0.2) is 0 Å². The lowest BCUT2D eigenvalue weighted by atomic mass is 9.91. The molecule has 2 rings (SSSR count).